The highest BCUT2D eigenvalue weighted by molar-refractivity contribution is 6.19. The van der Waals surface area contributed by atoms with Gasteiger partial charge in [-0.2, -0.15) is 0 Å². The standard InChI is InChI=1S/C18H14F2N2O/c1-2-11-3-5-12(6-4-11)9-16-18(23)22-17(21-16)13-7-8-14(19)15(20)10-13/h3-10H,2H2,1H3,(H,21,22,23)/b16-9+. The molecule has 0 spiro atoms. The molecule has 2 aromatic carbocycles. The van der Waals surface area contributed by atoms with Crippen molar-refractivity contribution in [2.24, 2.45) is 4.99 Å². The number of amidine groups is 1. The smallest absolute Gasteiger partial charge is 0.275 e. The Morgan fingerprint density at radius 2 is 1.83 bits per heavy atom. The molecule has 0 unspecified atom stereocenters. The van der Waals surface area contributed by atoms with Gasteiger partial charge in [-0.25, -0.2) is 13.8 Å². The zero-order chi connectivity index (χ0) is 16.4. The number of carbonyl (C=O) groups excluding carboxylic acids is 1. The summed E-state index contributed by atoms with van der Waals surface area (Å²) in [6, 6.07) is 11.2. The summed E-state index contributed by atoms with van der Waals surface area (Å²) in [5.74, 6) is -2.08. The quantitative estimate of drug-likeness (QED) is 0.867. The van der Waals surface area contributed by atoms with Crippen molar-refractivity contribution >= 4 is 17.8 Å². The molecule has 3 nitrogen and oxygen atoms in total. The zero-order valence-electron chi connectivity index (χ0n) is 12.4. The van der Waals surface area contributed by atoms with Crippen LogP contribution in [-0.2, 0) is 11.2 Å². The Morgan fingerprint density at radius 1 is 1.09 bits per heavy atom. The number of hydrogen-bond donors (Lipinski definition) is 1. The van der Waals surface area contributed by atoms with Crippen molar-refractivity contribution in [2.45, 2.75) is 13.3 Å². The number of aryl methyl sites for hydroxylation is 1. The third-order valence-corrected chi connectivity index (χ3v) is 3.58. The topological polar surface area (TPSA) is 41.5 Å². The number of amides is 1. The van der Waals surface area contributed by atoms with Crippen LogP contribution in [0.1, 0.15) is 23.6 Å². The first-order chi connectivity index (χ1) is 11.1. The minimum absolute atomic E-state index is 0.213. The van der Waals surface area contributed by atoms with Crippen molar-refractivity contribution in [1.82, 2.24) is 5.32 Å². The van der Waals surface area contributed by atoms with E-state index in [0.29, 0.717) is 5.56 Å². The van der Waals surface area contributed by atoms with Crippen LogP contribution in [0.4, 0.5) is 8.78 Å². The van der Waals surface area contributed by atoms with Gasteiger partial charge in [-0.15, -0.1) is 0 Å². The predicted octanol–water partition coefficient (Wildman–Crippen LogP) is 3.44. The van der Waals surface area contributed by atoms with Gasteiger partial charge in [-0.3, -0.25) is 4.79 Å². The maximum absolute atomic E-state index is 13.3. The Hall–Kier alpha value is -2.82. The van der Waals surface area contributed by atoms with Crippen molar-refractivity contribution in [1.29, 1.82) is 0 Å². The van der Waals surface area contributed by atoms with E-state index in [1.807, 2.05) is 24.3 Å². The first kappa shape index (κ1) is 15.1. The fourth-order valence-corrected chi connectivity index (χ4v) is 2.26. The minimum Gasteiger partial charge on any atom is -0.305 e. The lowest BCUT2D eigenvalue weighted by Crippen LogP contribution is -2.24. The monoisotopic (exact) mass is 312 g/mol. The molecule has 0 fully saturated rings. The number of aliphatic imine (C=N–C) groups is 1. The van der Waals surface area contributed by atoms with Crippen LogP contribution in [0.25, 0.3) is 6.08 Å². The minimum atomic E-state index is -0.980. The summed E-state index contributed by atoms with van der Waals surface area (Å²) >= 11 is 0. The molecule has 0 bridgehead atoms. The molecule has 0 radical (unpaired) electrons. The highest BCUT2D eigenvalue weighted by Gasteiger charge is 2.21. The van der Waals surface area contributed by atoms with E-state index in [2.05, 4.69) is 17.2 Å². The molecule has 1 heterocycles. The summed E-state index contributed by atoms with van der Waals surface area (Å²) in [7, 11) is 0. The van der Waals surface area contributed by atoms with Gasteiger partial charge in [0.25, 0.3) is 5.91 Å². The zero-order valence-corrected chi connectivity index (χ0v) is 12.4. The van der Waals surface area contributed by atoms with Gasteiger partial charge in [0.05, 0.1) is 0 Å². The summed E-state index contributed by atoms with van der Waals surface area (Å²) in [4.78, 5) is 16.2. The molecule has 116 valence electrons. The van der Waals surface area contributed by atoms with E-state index in [4.69, 9.17) is 0 Å². The van der Waals surface area contributed by atoms with Crippen LogP contribution >= 0.6 is 0 Å². The SMILES string of the molecule is CCc1ccc(/C=C2/N=C(c3ccc(F)c(F)c3)NC2=O)cc1. The fourth-order valence-electron chi connectivity index (χ4n) is 2.26. The molecule has 0 saturated carbocycles. The van der Waals surface area contributed by atoms with Crippen molar-refractivity contribution in [3.8, 4) is 0 Å². The number of nitrogens with zero attached hydrogens (tertiary/aromatic N) is 1. The second kappa shape index (κ2) is 6.12. The summed E-state index contributed by atoms with van der Waals surface area (Å²) < 4.78 is 26.3. The van der Waals surface area contributed by atoms with Crippen LogP contribution in [0.5, 0.6) is 0 Å². The summed E-state index contributed by atoms with van der Waals surface area (Å²) in [6.45, 7) is 2.07. The first-order valence-corrected chi connectivity index (χ1v) is 7.23. The average molecular weight is 312 g/mol. The maximum atomic E-state index is 13.3. The van der Waals surface area contributed by atoms with Crippen molar-refractivity contribution in [3.63, 3.8) is 0 Å². The van der Waals surface area contributed by atoms with E-state index in [1.54, 1.807) is 6.08 Å². The Balaban J connectivity index is 1.90. The normalized spacial score (nSPS) is 15.7. The lowest BCUT2D eigenvalue weighted by Gasteiger charge is -2.00. The molecule has 0 atom stereocenters. The highest BCUT2D eigenvalue weighted by atomic mass is 19.2. The lowest BCUT2D eigenvalue weighted by molar-refractivity contribution is -0.115. The molecule has 0 saturated heterocycles. The van der Waals surface area contributed by atoms with Crippen LogP contribution in [0, 0.1) is 11.6 Å². The number of nitrogens with one attached hydrogen (secondary N) is 1. The highest BCUT2D eigenvalue weighted by Crippen LogP contribution is 2.17. The number of carbonyl (C=O) groups is 1. The third kappa shape index (κ3) is 3.18. The number of halogens is 2. The van der Waals surface area contributed by atoms with Crippen LogP contribution in [0.15, 0.2) is 53.2 Å². The van der Waals surface area contributed by atoms with E-state index < -0.39 is 11.6 Å². The molecular weight excluding hydrogens is 298 g/mol. The first-order valence-electron chi connectivity index (χ1n) is 7.23. The van der Waals surface area contributed by atoms with Crippen LogP contribution in [0.2, 0.25) is 0 Å². The lowest BCUT2D eigenvalue weighted by atomic mass is 10.1. The Kier molecular flexibility index (Phi) is 4.02. The van der Waals surface area contributed by atoms with Crippen molar-refractivity contribution in [3.05, 3.63) is 76.5 Å². The largest absolute Gasteiger partial charge is 0.305 e. The van der Waals surface area contributed by atoms with E-state index in [0.717, 1.165) is 24.1 Å². The van der Waals surface area contributed by atoms with Gasteiger partial charge in [0.15, 0.2) is 11.6 Å². The summed E-state index contributed by atoms with van der Waals surface area (Å²) in [6.07, 6.45) is 2.59. The van der Waals surface area contributed by atoms with E-state index in [9.17, 15) is 13.6 Å². The van der Waals surface area contributed by atoms with Crippen LogP contribution in [-0.4, -0.2) is 11.7 Å². The van der Waals surface area contributed by atoms with Gasteiger partial charge < -0.3 is 5.32 Å². The average Bonchev–Trinajstić information content (AvgIpc) is 2.92. The van der Waals surface area contributed by atoms with Crippen LogP contribution in [0.3, 0.4) is 0 Å². The second-order valence-corrected chi connectivity index (χ2v) is 5.17. The molecule has 0 aliphatic carbocycles. The van der Waals surface area contributed by atoms with Crippen molar-refractivity contribution < 1.29 is 13.6 Å². The Labute approximate surface area is 132 Å². The molecule has 2 aromatic rings. The van der Waals surface area contributed by atoms with E-state index in [-0.39, 0.29) is 17.4 Å². The van der Waals surface area contributed by atoms with Gasteiger partial charge in [-0.05, 0) is 41.8 Å². The maximum Gasteiger partial charge on any atom is 0.275 e. The predicted molar refractivity (Wildman–Crippen MR) is 84.8 cm³/mol. The third-order valence-electron chi connectivity index (χ3n) is 3.58. The molecule has 3 rings (SSSR count). The van der Waals surface area contributed by atoms with Crippen LogP contribution < -0.4 is 5.32 Å². The molecule has 0 aromatic heterocycles. The van der Waals surface area contributed by atoms with Gasteiger partial charge in [0.1, 0.15) is 11.5 Å². The number of benzene rings is 2. The fraction of sp³-hybridized carbons (Fsp3) is 0.111. The van der Waals surface area contributed by atoms with E-state index >= 15 is 0 Å². The molecule has 5 heteroatoms. The molecule has 1 aliphatic heterocycles. The van der Waals surface area contributed by atoms with E-state index in [1.165, 1.54) is 11.6 Å². The number of hydrogen-bond acceptors (Lipinski definition) is 2. The van der Waals surface area contributed by atoms with Gasteiger partial charge in [0.2, 0.25) is 0 Å². The molecular formula is C18H14F2N2O. The molecule has 1 amide bonds. The summed E-state index contributed by atoms with van der Waals surface area (Å²) in [5.41, 5.74) is 2.60. The Bertz CT molecular complexity index is 823. The summed E-state index contributed by atoms with van der Waals surface area (Å²) in [5, 5.41) is 2.56. The van der Waals surface area contributed by atoms with Gasteiger partial charge in [-0.1, -0.05) is 31.2 Å². The van der Waals surface area contributed by atoms with Gasteiger partial charge >= 0.3 is 0 Å². The Morgan fingerprint density at radius 3 is 2.48 bits per heavy atom. The second-order valence-electron chi connectivity index (χ2n) is 5.17. The molecule has 1 N–H and O–H groups in total. The molecule has 1 aliphatic rings. The van der Waals surface area contributed by atoms with Gasteiger partial charge in [0, 0.05) is 5.56 Å². The number of rotatable bonds is 3. The molecule has 23 heavy (non-hydrogen) atoms. The van der Waals surface area contributed by atoms with Crippen molar-refractivity contribution in [2.75, 3.05) is 0 Å².